The monoisotopic (exact) mass is 395 g/mol. The van der Waals surface area contributed by atoms with Crippen molar-refractivity contribution in [2.75, 3.05) is 11.2 Å². The highest BCUT2D eigenvalue weighted by Gasteiger charge is 2.10. The first-order valence-corrected chi connectivity index (χ1v) is 10.5. The molecule has 4 N–H and O–H groups in total. The summed E-state index contributed by atoms with van der Waals surface area (Å²) in [6.45, 7) is 9.85. The van der Waals surface area contributed by atoms with Crippen LogP contribution >= 0.6 is 0 Å². The maximum atomic E-state index is 12.3. The zero-order valence-corrected chi connectivity index (χ0v) is 17.5. The molecule has 0 heterocycles. The smallest absolute Gasteiger partial charge is 0.0781 e. The molecule has 2 atom stereocenters. The van der Waals surface area contributed by atoms with E-state index in [1.54, 1.807) is 18.2 Å². The second-order valence-electron chi connectivity index (χ2n) is 6.76. The van der Waals surface area contributed by atoms with Gasteiger partial charge < -0.3 is 11.2 Å². The lowest BCUT2D eigenvalue weighted by Gasteiger charge is -2.14. The van der Waals surface area contributed by atoms with Gasteiger partial charge in [0.1, 0.15) is 0 Å². The standard InChI is InChI=1S/C23H29N3OS/c1-5-20(13-9-10-18(4)19-11-7-6-8-12-19)25-26-23-16-21(14-15-22(23)24)28(27)17(2)3/h5-18,25-26H,1,24H2,2-4H3/b10-9-,20-13+. The highest BCUT2D eigenvalue weighted by Crippen LogP contribution is 2.23. The summed E-state index contributed by atoms with van der Waals surface area (Å²) in [6.07, 6.45) is 7.78. The van der Waals surface area contributed by atoms with Gasteiger partial charge in [0.25, 0.3) is 0 Å². The quantitative estimate of drug-likeness (QED) is 0.313. The van der Waals surface area contributed by atoms with E-state index in [9.17, 15) is 4.21 Å². The number of anilines is 2. The second-order valence-corrected chi connectivity index (χ2v) is 8.76. The molecule has 0 saturated heterocycles. The van der Waals surface area contributed by atoms with Crippen LogP contribution in [-0.2, 0) is 10.8 Å². The number of hydrogen-bond donors (Lipinski definition) is 3. The summed E-state index contributed by atoms with van der Waals surface area (Å²) in [5.74, 6) is 0.315. The van der Waals surface area contributed by atoms with Crippen LogP contribution in [0.1, 0.15) is 32.3 Å². The molecule has 2 unspecified atom stereocenters. The Morgan fingerprint density at radius 2 is 1.86 bits per heavy atom. The molecule has 0 amide bonds. The molecular weight excluding hydrogens is 366 g/mol. The van der Waals surface area contributed by atoms with Crippen molar-refractivity contribution in [1.29, 1.82) is 0 Å². The molecule has 4 nitrogen and oxygen atoms in total. The molecule has 2 rings (SSSR count). The lowest BCUT2D eigenvalue weighted by molar-refractivity contribution is 0.677. The Morgan fingerprint density at radius 1 is 1.14 bits per heavy atom. The number of allylic oxidation sites excluding steroid dienone is 4. The number of nitrogen functional groups attached to an aromatic ring is 1. The van der Waals surface area contributed by atoms with E-state index in [4.69, 9.17) is 5.73 Å². The third kappa shape index (κ3) is 6.13. The Kier molecular flexibility index (Phi) is 8.08. The Labute approximate surface area is 170 Å². The van der Waals surface area contributed by atoms with E-state index in [0.717, 1.165) is 10.6 Å². The van der Waals surface area contributed by atoms with Gasteiger partial charge in [-0.1, -0.05) is 69.8 Å². The van der Waals surface area contributed by atoms with E-state index >= 15 is 0 Å². The van der Waals surface area contributed by atoms with Crippen molar-refractivity contribution in [2.24, 2.45) is 0 Å². The van der Waals surface area contributed by atoms with Gasteiger partial charge in [-0.25, -0.2) is 0 Å². The van der Waals surface area contributed by atoms with Crippen molar-refractivity contribution in [1.82, 2.24) is 5.43 Å². The summed E-state index contributed by atoms with van der Waals surface area (Å²) in [6, 6.07) is 15.7. The average molecular weight is 396 g/mol. The zero-order valence-electron chi connectivity index (χ0n) is 16.7. The van der Waals surface area contributed by atoms with Gasteiger partial charge in [-0.05, 0) is 41.8 Å². The molecule has 2 aromatic rings. The van der Waals surface area contributed by atoms with Crippen LogP contribution in [0, 0.1) is 0 Å². The number of hydrazine groups is 1. The maximum absolute atomic E-state index is 12.3. The van der Waals surface area contributed by atoms with Crippen LogP contribution < -0.4 is 16.6 Å². The molecule has 0 aliphatic heterocycles. The number of nitrogens with two attached hydrogens (primary N) is 1. The first kappa shape index (κ1) is 21.5. The number of benzene rings is 2. The molecule has 0 spiro atoms. The van der Waals surface area contributed by atoms with E-state index in [0.29, 0.717) is 17.3 Å². The van der Waals surface area contributed by atoms with Crippen LogP contribution in [0.5, 0.6) is 0 Å². The van der Waals surface area contributed by atoms with Gasteiger partial charge in [-0.3, -0.25) is 9.63 Å². The molecule has 0 saturated carbocycles. The predicted octanol–water partition coefficient (Wildman–Crippen LogP) is 5.13. The zero-order chi connectivity index (χ0) is 20.5. The summed E-state index contributed by atoms with van der Waals surface area (Å²) < 4.78 is 12.3. The van der Waals surface area contributed by atoms with Crippen LogP contribution in [0.2, 0.25) is 0 Å². The first-order valence-electron chi connectivity index (χ1n) is 9.30. The van der Waals surface area contributed by atoms with Crippen molar-refractivity contribution >= 4 is 22.2 Å². The summed E-state index contributed by atoms with van der Waals surface area (Å²) in [7, 11) is -1.07. The average Bonchev–Trinajstić information content (AvgIpc) is 2.71. The molecule has 148 valence electrons. The van der Waals surface area contributed by atoms with Gasteiger partial charge >= 0.3 is 0 Å². The SMILES string of the molecule is C=C/C(=C\C=C/C(C)c1ccccc1)NNc1cc(S(=O)C(C)C)ccc1N. The Bertz CT molecular complexity index is 873. The minimum absolute atomic E-state index is 0.0461. The van der Waals surface area contributed by atoms with E-state index < -0.39 is 10.8 Å². The fourth-order valence-corrected chi connectivity index (χ4v) is 3.52. The van der Waals surface area contributed by atoms with Crippen molar-refractivity contribution in [3.63, 3.8) is 0 Å². The molecule has 0 aliphatic rings. The Balaban J connectivity index is 2.04. The third-order valence-electron chi connectivity index (χ3n) is 4.25. The van der Waals surface area contributed by atoms with Crippen LogP contribution in [-0.4, -0.2) is 9.46 Å². The predicted molar refractivity (Wildman–Crippen MR) is 121 cm³/mol. The normalized spacial score (nSPS) is 14.1. The highest BCUT2D eigenvalue weighted by atomic mass is 32.2. The molecule has 0 fully saturated rings. The lowest BCUT2D eigenvalue weighted by atomic mass is 10.0. The van der Waals surface area contributed by atoms with E-state index in [1.807, 2.05) is 50.3 Å². The maximum Gasteiger partial charge on any atom is 0.0781 e. The summed E-state index contributed by atoms with van der Waals surface area (Å²) in [4.78, 5) is 0.745. The van der Waals surface area contributed by atoms with Crippen LogP contribution in [0.4, 0.5) is 11.4 Å². The highest BCUT2D eigenvalue weighted by molar-refractivity contribution is 7.85. The fraction of sp³-hybridized carbons (Fsp3) is 0.217. The molecule has 28 heavy (non-hydrogen) atoms. The van der Waals surface area contributed by atoms with E-state index in [1.165, 1.54) is 5.56 Å². The van der Waals surface area contributed by atoms with Gasteiger partial charge in [-0.15, -0.1) is 0 Å². The molecule has 0 bridgehead atoms. The molecule has 0 aliphatic carbocycles. The Morgan fingerprint density at radius 3 is 2.50 bits per heavy atom. The van der Waals surface area contributed by atoms with E-state index in [-0.39, 0.29) is 5.25 Å². The molecule has 5 heteroatoms. The third-order valence-corrected chi connectivity index (χ3v) is 5.82. The molecule has 0 radical (unpaired) electrons. The number of nitrogens with one attached hydrogen (secondary N) is 2. The molecule has 0 aromatic heterocycles. The summed E-state index contributed by atoms with van der Waals surface area (Å²) in [5.41, 5.74) is 15.5. The van der Waals surface area contributed by atoms with E-state index in [2.05, 4.69) is 42.6 Å². The molecular formula is C23H29N3OS. The van der Waals surface area contributed by atoms with Crippen molar-refractivity contribution in [2.45, 2.75) is 36.8 Å². The lowest BCUT2D eigenvalue weighted by Crippen LogP contribution is -2.21. The minimum atomic E-state index is -1.07. The number of hydrogen-bond acceptors (Lipinski definition) is 4. The second kappa shape index (κ2) is 10.5. The summed E-state index contributed by atoms with van der Waals surface area (Å²) >= 11 is 0. The first-order chi connectivity index (χ1) is 13.4. The largest absolute Gasteiger partial charge is 0.397 e. The minimum Gasteiger partial charge on any atom is -0.397 e. The van der Waals surface area contributed by atoms with Crippen LogP contribution in [0.3, 0.4) is 0 Å². The van der Waals surface area contributed by atoms with Gasteiger partial charge in [-0.2, -0.15) is 0 Å². The van der Waals surface area contributed by atoms with Gasteiger partial charge in [0.05, 0.1) is 27.9 Å². The number of rotatable bonds is 9. The topological polar surface area (TPSA) is 67.1 Å². The van der Waals surface area contributed by atoms with Gasteiger partial charge in [0.2, 0.25) is 0 Å². The molecule has 2 aromatic carbocycles. The van der Waals surface area contributed by atoms with Crippen molar-refractivity contribution < 1.29 is 4.21 Å². The fourth-order valence-electron chi connectivity index (χ4n) is 2.53. The Hall–Kier alpha value is -2.79. The van der Waals surface area contributed by atoms with Crippen molar-refractivity contribution in [3.05, 3.63) is 90.7 Å². The van der Waals surface area contributed by atoms with Gasteiger partial charge in [0, 0.05) is 10.1 Å². The van der Waals surface area contributed by atoms with Gasteiger partial charge in [0.15, 0.2) is 0 Å². The van der Waals surface area contributed by atoms with Crippen LogP contribution in [0.25, 0.3) is 0 Å². The van der Waals surface area contributed by atoms with Crippen LogP contribution in [0.15, 0.2) is 90.0 Å². The summed E-state index contributed by atoms with van der Waals surface area (Å²) in [5, 5.41) is 0.0461. The van der Waals surface area contributed by atoms with Crippen molar-refractivity contribution in [3.8, 4) is 0 Å².